The maximum absolute atomic E-state index is 5.16. The highest BCUT2D eigenvalue weighted by molar-refractivity contribution is 5.27. The Morgan fingerprint density at radius 2 is 1.70 bits per heavy atom. The van der Waals surface area contributed by atoms with Crippen molar-refractivity contribution in [3.05, 3.63) is 65.7 Å². The lowest BCUT2D eigenvalue weighted by molar-refractivity contribution is 0.414. The van der Waals surface area contributed by atoms with Crippen LogP contribution < -0.4 is 10.1 Å². The summed E-state index contributed by atoms with van der Waals surface area (Å²) in [7, 11) is 1.70. The number of rotatable bonds is 7. The van der Waals surface area contributed by atoms with Crippen LogP contribution in [0.3, 0.4) is 0 Å². The van der Waals surface area contributed by atoms with E-state index in [9.17, 15) is 0 Å². The molecular weight excluding hydrogens is 246 g/mol. The predicted octanol–water partition coefficient (Wildman–Crippen LogP) is 3.63. The first kappa shape index (κ1) is 14.6. The van der Waals surface area contributed by atoms with E-state index in [0.717, 1.165) is 25.3 Å². The Hall–Kier alpha value is -1.80. The summed E-state index contributed by atoms with van der Waals surface area (Å²) in [5.74, 6) is 1.46. The van der Waals surface area contributed by atoms with Gasteiger partial charge in [-0.05, 0) is 42.1 Å². The first-order valence-electron chi connectivity index (χ1n) is 7.18. The van der Waals surface area contributed by atoms with Crippen molar-refractivity contribution in [3.8, 4) is 5.75 Å². The molecule has 0 saturated heterocycles. The van der Waals surface area contributed by atoms with Gasteiger partial charge in [-0.2, -0.15) is 0 Å². The van der Waals surface area contributed by atoms with Crippen molar-refractivity contribution < 1.29 is 4.74 Å². The highest BCUT2D eigenvalue weighted by atomic mass is 16.5. The third-order valence-electron chi connectivity index (χ3n) is 3.57. The molecule has 0 aliphatic rings. The summed E-state index contributed by atoms with van der Waals surface area (Å²) in [6.45, 7) is 4.28. The zero-order valence-electron chi connectivity index (χ0n) is 12.3. The number of benzene rings is 2. The Morgan fingerprint density at radius 3 is 2.35 bits per heavy atom. The van der Waals surface area contributed by atoms with Crippen LogP contribution in [0.2, 0.25) is 0 Å². The van der Waals surface area contributed by atoms with Gasteiger partial charge in [0.05, 0.1) is 7.11 Å². The minimum Gasteiger partial charge on any atom is -0.497 e. The number of ether oxygens (including phenoxy) is 1. The lowest BCUT2D eigenvalue weighted by Gasteiger charge is -2.13. The molecule has 0 aliphatic heterocycles. The van der Waals surface area contributed by atoms with Crippen LogP contribution >= 0.6 is 0 Å². The first-order chi connectivity index (χ1) is 9.79. The average Bonchev–Trinajstić information content (AvgIpc) is 2.53. The van der Waals surface area contributed by atoms with E-state index < -0.39 is 0 Å². The third-order valence-corrected chi connectivity index (χ3v) is 3.57. The molecule has 2 heteroatoms. The maximum atomic E-state index is 5.16. The smallest absolute Gasteiger partial charge is 0.118 e. The van der Waals surface area contributed by atoms with Crippen molar-refractivity contribution in [1.29, 1.82) is 0 Å². The number of nitrogens with one attached hydrogen (secondary N) is 1. The van der Waals surface area contributed by atoms with E-state index in [2.05, 4.69) is 54.7 Å². The second kappa shape index (κ2) is 7.71. The molecule has 1 N–H and O–H groups in total. The molecule has 0 bridgehead atoms. The summed E-state index contributed by atoms with van der Waals surface area (Å²) in [5.41, 5.74) is 2.73. The molecule has 0 heterocycles. The SMILES string of the molecule is COc1ccc(CCNC[C@@H](C)c2ccccc2)cc1. The van der Waals surface area contributed by atoms with Crippen molar-refractivity contribution in [2.45, 2.75) is 19.3 Å². The van der Waals surface area contributed by atoms with E-state index in [-0.39, 0.29) is 0 Å². The third kappa shape index (κ3) is 4.39. The standard InChI is InChI=1S/C18H23NO/c1-15(17-6-4-3-5-7-17)14-19-13-12-16-8-10-18(20-2)11-9-16/h3-11,15,19H,12-14H2,1-2H3/t15-/m1/s1. The summed E-state index contributed by atoms with van der Waals surface area (Å²) in [6.07, 6.45) is 1.05. The number of methoxy groups -OCH3 is 1. The van der Waals surface area contributed by atoms with Gasteiger partial charge < -0.3 is 10.1 Å². The minimum atomic E-state index is 0.548. The normalized spacial score (nSPS) is 12.1. The molecule has 0 amide bonds. The molecule has 2 aromatic carbocycles. The van der Waals surface area contributed by atoms with Crippen molar-refractivity contribution >= 4 is 0 Å². The maximum Gasteiger partial charge on any atom is 0.118 e. The van der Waals surface area contributed by atoms with E-state index >= 15 is 0 Å². The van der Waals surface area contributed by atoms with E-state index in [1.165, 1.54) is 11.1 Å². The van der Waals surface area contributed by atoms with E-state index in [4.69, 9.17) is 4.74 Å². The van der Waals surface area contributed by atoms with Crippen LogP contribution in [0.1, 0.15) is 24.0 Å². The Kier molecular flexibility index (Phi) is 5.63. The molecule has 20 heavy (non-hydrogen) atoms. The Bertz CT molecular complexity index is 493. The fraction of sp³-hybridized carbons (Fsp3) is 0.333. The van der Waals surface area contributed by atoms with Gasteiger partial charge in [-0.25, -0.2) is 0 Å². The lowest BCUT2D eigenvalue weighted by atomic mass is 10.0. The van der Waals surface area contributed by atoms with Crippen LogP contribution in [0, 0.1) is 0 Å². The van der Waals surface area contributed by atoms with Crippen LogP contribution in [0.5, 0.6) is 5.75 Å². The van der Waals surface area contributed by atoms with E-state index in [1.807, 2.05) is 12.1 Å². The molecule has 0 aliphatic carbocycles. The molecule has 2 aromatic rings. The largest absolute Gasteiger partial charge is 0.497 e. The highest BCUT2D eigenvalue weighted by Gasteiger charge is 2.03. The summed E-state index contributed by atoms with van der Waals surface area (Å²) < 4.78 is 5.16. The number of hydrogen-bond donors (Lipinski definition) is 1. The molecule has 1 atom stereocenters. The van der Waals surface area contributed by atoms with Crippen LogP contribution in [0.4, 0.5) is 0 Å². The zero-order chi connectivity index (χ0) is 14.2. The molecule has 0 saturated carbocycles. The van der Waals surface area contributed by atoms with Gasteiger partial charge in [0.25, 0.3) is 0 Å². The lowest BCUT2D eigenvalue weighted by Crippen LogP contribution is -2.22. The van der Waals surface area contributed by atoms with Gasteiger partial charge in [0, 0.05) is 6.54 Å². The molecule has 0 spiro atoms. The van der Waals surface area contributed by atoms with Crippen LogP contribution in [-0.2, 0) is 6.42 Å². The Labute approximate surface area is 121 Å². The van der Waals surface area contributed by atoms with Gasteiger partial charge in [0.15, 0.2) is 0 Å². The molecule has 0 radical (unpaired) electrons. The van der Waals surface area contributed by atoms with Gasteiger partial charge in [0.1, 0.15) is 5.75 Å². The highest BCUT2D eigenvalue weighted by Crippen LogP contribution is 2.13. The molecule has 2 nitrogen and oxygen atoms in total. The molecule has 0 unspecified atom stereocenters. The van der Waals surface area contributed by atoms with E-state index in [0.29, 0.717) is 5.92 Å². The van der Waals surface area contributed by atoms with Gasteiger partial charge in [0.2, 0.25) is 0 Å². The van der Waals surface area contributed by atoms with Crippen molar-refractivity contribution in [2.75, 3.05) is 20.2 Å². The molecular formula is C18H23NO. The molecule has 0 aromatic heterocycles. The number of hydrogen-bond acceptors (Lipinski definition) is 2. The van der Waals surface area contributed by atoms with Crippen molar-refractivity contribution in [2.24, 2.45) is 0 Å². The summed E-state index contributed by atoms with van der Waals surface area (Å²) in [4.78, 5) is 0. The van der Waals surface area contributed by atoms with Gasteiger partial charge >= 0.3 is 0 Å². The zero-order valence-corrected chi connectivity index (χ0v) is 12.3. The second-order valence-corrected chi connectivity index (χ2v) is 5.11. The molecule has 0 fully saturated rings. The van der Waals surface area contributed by atoms with Gasteiger partial charge in [-0.1, -0.05) is 49.4 Å². The van der Waals surface area contributed by atoms with Crippen molar-refractivity contribution in [3.63, 3.8) is 0 Å². The predicted molar refractivity (Wildman–Crippen MR) is 84.4 cm³/mol. The minimum absolute atomic E-state index is 0.548. The van der Waals surface area contributed by atoms with Crippen LogP contribution in [-0.4, -0.2) is 20.2 Å². The summed E-state index contributed by atoms with van der Waals surface area (Å²) in [6, 6.07) is 18.9. The second-order valence-electron chi connectivity index (χ2n) is 5.11. The molecule has 106 valence electrons. The first-order valence-corrected chi connectivity index (χ1v) is 7.18. The fourth-order valence-electron chi connectivity index (χ4n) is 2.24. The fourth-order valence-corrected chi connectivity index (χ4v) is 2.24. The monoisotopic (exact) mass is 269 g/mol. The average molecular weight is 269 g/mol. The van der Waals surface area contributed by atoms with Gasteiger partial charge in [-0.15, -0.1) is 0 Å². The van der Waals surface area contributed by atoms with Crippen LogP contribution in [0.25, 0.3) is 0 Å². The molecule has 2 rings (SSSR count). The quantitative estimate of drug-likeness (QED) is 0.775. The Morgan fingerprint density at radius 1 is 1.00 bits per heavy atom. The van der Waals surface area contributed by atoms with E-state index in [1.54, 1.807) is 7.11 Å². The van der Waals surface area contributed by atoms with Gasteiger partial charge in [-0.3, -0.25) is 0 Å². The summed E-state index contributed by atoms with van der Waals surface area (Å²) in [5, 5.41) is 3.53. The van der Waals surface area contributed by atoms with Crippen molar-refractivity contribution in [1.82, 2.24) is 5.32 Å². The summed E-state index contributed by atoms with van der Waals surface area (Å²) >= 11 is 0. The van der Waals surface area contributed by atoms with Crippen LogP contribution in [0.15, 0.2) is 54.6 Å². The topological polar surface area (TPSA) is 21.3 Å². The Balaban J connectivity index is 1.70.